The van der Waals surface area contributed by atoms with E-state index in [-0.39, 0.29) is 17.8 Å². The first kappa shape index (κ1) is 26.9. The zero-order chi connectivity index (χ0) is 26.9. The fraction of sp³-hybridized carbons (Fsp3) is 0.483. The number of carbonyl (C=O) groups excluding carboxylic acids is 1. The minimum atomic E-state index is -3.19. The van der Waals surface area contributed by atoms with Gasteiger partial charge in [-0.1, -0.05) is 18.2 Å². The largest absolute Gasteiger partial charge is 0.393 e. The Balaban J connectivity index is 1.40. The number of rotatable bonds is 8. The Morgan fingerprint density at radius 3 is 2.50 bits per heavy atom. The third-order valence-corrected chi connectivity index (χ3v) is 10.2. The Hall–Kier alpha value is -2.72. The van der Waals surface area contributed by atoms with E-state index in [0.29, 0.717) is 24.7 Å². The molecule has 2 aromatic carbocycles. The highest BCUT2D eigenvalue weighted by Crippen LogP contribution is 2.37. The van der Waals surface area contributed by atoms with Crippen LogP contribution in [0, 0.1) is 0 Å². The summed E-state index contributed by atoms with van der Waals surface area (Å²) in [5.74, 6) is -0.159. The van der Waals surface area contributed by atoms with E-state index in [4.69, 9.17) is 5.73 Å². The van der Waals surface area contributed by atoms with Crippen molar-refractivity contribution in [3.63, 3.8) is 0 Å². The predicted molar refractivity (Wildman–Crippen MR) is 150 cm³/mol. The fourth-order valence-electron chi connectivity index (χ4n) is 5.98. The van der Waals surface area contributed by atoms with Gasteiger partial charge in [0.25, 0.3) is 5.91 Å². The Morgan fingerprint density at radius 1 is 1.08 bits per heavy atom. The van der Waals surface area contributed by atoms with E-state index in [9.17, 15) is 18.3 Å². The first-order valence-electron chi connectivity index (χ1n) is 13.7. The smallest absolute Gasteiger partial charge is 0.250 e. The lowest BCUT2D eigenvalue weighted by atomic mass is 9.88. The van der Waals surface area contributed by atoms with Crippen LogP contribution in [0.25, 0.3) is 22.0 Å². The summed E-state index contributed by atoms with van der Waals surface area (Å²) in [6.45, 7) is 3.43. The van der Waals surface area contributed by atoms with Crippen LogP contribution in [0.4, 0.5) is 0 Å². The highest BCUT2D eigenvalue weighted by atomic mass is 32.2. The van der Waals surface area contributed by atoms with E-state index < -0.39 is 15.9 Å². The lowest BCUT2D eigenvalue weighted by molar-refractivity contribution is 0.100. The van der Waals surface area contributed by atoms with Crippen LogP contribution >= 0.6 is 0 Å². The van der Waals surface area contributed by atoms with Crippen LogP contribution in [-0.2, 0) is 16.6 Å². The Bertz CT molecular complexity index is 1400. The van der Waals surface area contributed by atoms with Crippen molar-refractivity contribution in [1.82, 2.24) is 14.6 Å². The molecule has 1 amide bonds. The molecule has 1 saturated carbocycles. The van der Waals surface area contributed by atoms with Gasteiger partial charge in [-0.05, 0) is 91.8 Å². The van der Waals surface area contributed by atoms with Gasteiger partial charge in [-0.25, -0.2) is 12.7 Å². The number of nitrogens with two attached hydrogens (primary N) is 1. The molecule has 9 heteroatoms. The average Bonchev–Trinajstić information content (AvgIpc) is 3.36. The first-order chi connectivity index (χ1) is 18.2. The number of nitrogens with zero attached hydrogens (tertiary/aromatic N) is 1. The summed E-state index contributed by atoms with van der Waals surface area (Å²) in [5.41, 5.74) is 11.2. The van der Waals surface area contributed by atoms with Gasteiger partial charge in [0.15, 0.2) is 0 Å². The van der Waals surface area contributed by atoms with Crippen LogP contribution in [0.15, 0.2) is 42.6 Å². The maximum atomic E-state index is 12.4. The number of hydrogen-bond donors (Lipinski definition) is 4. The summed E-state index contributed by atoms with van der Waals surface area (Å²) in [6.07, 6.45) is 6.93. The van der Waals surface area contributed by atoms with Gasteiger partial charge in [0.1, 0.15) is 0 Å². The number of carbonyl (C=O) groups is 1. The second-order valence-corrected chi connectivity index (χ2v) is 13.0. The molecule has 0 radical (unpaired) electrons. The average molecular weight is 539 g/mol. The van der Waals surface area contributed by atoms with Crippen molar-refractivity contribution in [2.24, 2.45) is 5.73 Å². The molecule has 204 valence electrons. The third-order valence-electron chi connectivity index (χ3n) is 8.29. The molecule has 0 atom stereocenters. The number of aromatic nitrogens is 1. The maximum absolute atomic E-state index is 12.4. The molecule has 1 aliphatic carbocycles. The molecule has 1 saturated heterocycles. The highest BCUT2D eigenvalue weighted by molar-refractivity contribution is 7.89. The van der Waals surface area contributed by atoms with Crippen LogP contribution < -0.4 is 11.1 Å². The van der Waals surface area contributed by atoms with Crippen molar-refractivity contribution in [3.8, 4) is 11.1 Å². The molecule has 8 nitrogen and oxygen atoms in total. The second kappa shape index (κ2) is 11.2. The van der Waals surface area contributed by atoms with Crippen LogP contribution in [0.5, 0.6) is 0 Å². The van der Waals surface area contributed by atoms with Gasteiger partial charge < -0.3 is 21.1 Å². The topological polar surface area (TPSA) is 129 Å². The fourth-order valence-corrected chi connectivity index (χ4v) is 7.11. The predicted octanol–water partition coefficient (Wildman–Crippen LogP) is 3.86. The van der Waals surface area contributed by atoms with Crippen LogP contribution in [-0.4, -0.2) is 59.7 Å². The molecule has 2 heterocycles. The highest BCUT2D eigenvalue weighted by Gasteiger charge is 2.29. The summed E-state index contributed by atoms with van der Waals surface area (Å²) >= 11 is 0. The number of sulfonamides is 1. The number of primary amides is 1. The van der Waals surface area contributed by atoms with E-state index >= 15 is 0 Å². The number of benzene rings is 2. The number of aliphatic hydroxyl groups excluding tert-OH is 1. The molecule has 0 unspecified atom stereocenters. The van der Waals surface area contributed by atoms with Crippen molar-refractivity contribution >= 4 is 26.8 Å². The van der Waals surface area contributed by atoms with E-state index in [1.54, 1.807) is 11.2 Å². The van der Waals surface area contributed by atoms with Crippen molar-refractivity contribution in [2.45, 2.75) is 70.1 Å². The SMILES string of the molecule is CCS(=O)(=O)N1CCC(c2c[nH]c3c(C(N)=O)cc(-c4cccc(CNC5CCC(O)CC5)c4)cc23)CC1. The van der Waals surface area contributed by atoms with Gasteiger partial charge in [0.05, 0.1) is 22.9 Å². The van der Waals surface area contributed by atoms with Crippen LogP contribution in [0.2, 0.25) is 0 Å². The van der Waals surface area contributed by atoms with E-state index in [2.05, 4.69) is 28.5 Å². The zero-order valence-corrected chi connectivity index (χ0v) is 22.8. The lowest BCUT2D eigenvalue weighted by Crippen LogP contribution is -2.38. The monoisotopic (exact) mass is 538 g/mol. The Kier molecular flexibility index (Phi) is 7.90. The molecule has 1 aromatic heterocycles. The van der Waals surface area contributed by atoms with E-state index in [1.165, 1.54) is 0 Å². The van der Waals surface area contributed by atoms with Gasteiger partial charge in [-0.15, -0.1) is 0 Å². The molecule has 0 spiro atoms. The molecular formula is C29H38N4O4S. The van der Waals surface area contributed by atoms with Gasteiger partial charge >= 0.3 is 0 Å². The molecule has 2 aliphatic rings. The molecular weight excluding hydrogens is 500 g/mol. The van der Waals surface area contributed by atoms with Crippen molar-refractivity contribution in [1.29, 1.82) is 0 Å². The zero-order valence-electron chi connectivity index (χ0n) is 21.9. The van der Waals surface area contributed by atoms with E-state index in [1.807, 2.05) is 24.4 Å². The summed E-state index contributed by atoms with van der Waals surface area (Å²) in [6, 6.07) is 12.7. The van der Waals surface area contributed by atoms with Gasteiger partial charge in [0.2, 0.25) is 10.0 Å². The number of fused-ring (bicyclic) bond motifs is 1. The molecule has 5 N–H and O–H groups in total. The normalized spacial score (nSPS) is 21.6. The summed E-state index contributed by atoms with van der Waals surface area (Å²) < 4.78 is 26.2. The number of nitrogens with one attached hydrogen (secondary N) is 2. The number of hydrogen-bond acceptors (Lipinski definition) is 5. The molecule has 5 rings (SSSR count). The number of piperidine rings is 1. The minimum Gasteiger partial charge on any atom is -0.393 e. The minimum absolute atomic E-state index is 0.119. The number of amides is 1. The van der Waals surface area contributed by atoms with Gasteiger partial charge in [-0.3, -0.25) is 4.79 Å². The third kappa shape index (κ3) is 5.66. The van der Waals surface area contributed by atoms with Gasteiger partial charge in [-0.2, -0.15) is 0 Å². The number of aliphatic hydroxyl groups is 1. The van der Waals surface area contributed by atoms with Crippen molar-refractivity contribution < 1.29 is 18.3 Å². The standard InChI is InChI=1S/C29H38N4O4S/c1-2-38(36,37)33-12-10-20(11-13-33)27-18-32-28-25(27)15-22(16-26(28)29(30)35)21-5-3-4-19(14-21)17-31-23-6-8-24(34)9-7-23/h3-5,14-16,18,20,23-24,31-32,34H,2,6-13,17H2,1H3,(H2,30,35). The van der Waals surface area contributed by atoms with Crippen molar-refractivity contribution in [3.05, 3.63) is 59.3 Å². The molecule has 38 heavy (non-hydrogen) atoms. The number of aromatic amines is 1. The molecule has 3 aromatic rings. The van der Waals surface area contributed by atoms with Gasteiger partial charge in [0, 0.05) is 37.3 Å². The van der Waals surface area contributed by atoms with E-state index in [0.717, 1.165) is 78.2 Å². The van der Waals surface area contributed by atoms with Crippen LogP contribution in [0.3, 0.4) is 0 Å². The van der Waals surface area contributed by atoms with Crippen LogP contribution in [0.1, 0.15) is 72.9 Å². The summed E-state index contributed by atoms with van der Waals surface area (Å²) in [7, 11) is -3.19. The molecule has 2 fully saturated rings. The lowest BCUT2D eigenvalue weighted by Gasteiger charge is -2.31. The Morgan fingerprint density at radius 2 is 1.82 bits per heavy atom. The quantitative estimate of drug-likeness (QED) is 0.346. The maximum Gasteiger partial charge on any atom is 0.250 e. The Labute approximate surface area is 224 Å². The summed E-state index contributed by atoms with van der Waals surface area (Å²) in [4.78, 5) is 15.7. The van der Waals surface area contributed by atoms with Crippen molar-refractivity contribution in [2.75, 3.05) is 18.8 Å². The summed E-state index contributed by atoms with van der Waals surface area (Å²) in [5, 5.41) is 14.4. The molecule has 1 aliphatic heterocycles. The second-order valence-electron chi connectivity index (χ2n) is 10.7. The molecule has 0 bridgehead atoms. The number of H-pyrrole nitrogens is 1. The first-order valence-corrected chi connectivity index (χ1v) is 15.3.